The third kappa shape index (κ3) is 5.58. The number of carbonyl (C=O) groups excluding carboxylic acids is 2. The highest BCUT2D eigenvalue weighted by molar-refractivity contribution is 8.00. The Labute approximate surface area is 213 Å². The Balaban J connectivity index is 1.46. The zero-order valence-electron chi connectivity index (χ0n) is 20.0. The number of fused-ring (bicyclic) bond motifs is 1. The molecule has 4 aromatic carbocycles. The first kappa shape index (κ1) is 25.0. The minimum absolute atomic E-state index is 0.0773. The predicted octanol–water partition coefficient (Wildman–Crippen LogP) is 6.39. The molecule has 0 aliphatic carbocycles. The van der Waals surface area contributed by atoms with E-state index < -0.39 is 11.9 Å². The molecular formula is C29H26N2O4S. The van der Waals surface area contributed by atoms with E-state index in [1.165, 1.54) is 17.8 Å². The molecule has 2 amide bonds. The lowest BCUT2D eigenvalue weighted by Gasteiger charge is -2.13. The summed E-state index contributed by atoms with van der Waals surface area (Å²) >= 11 is 1.37. The molecule has 0 fully saturated rings. The van der Waals surface area contributed by atoms with Gasteiger partial charge in [0.2, 0.25) is 5.91 Å². The highest BCUT2D eigenvalue weighted by Gasteiger charge is 2.17. The molecule has 0 bridgehead atoms. The fraction of sp³-hybridized carbons (Fsp3) is 0.138. The highest BCUT2D eigenvalue weighted by Crippen LogP contribution is 2.27. The van der Waals surface area contributed by atoms with E-state index in [0.717, 1.165) is 28.1 Å². The van der Waals surface area contributed by atoms with Crippen molar-refractivity contribution in [2.24, 2.45) is 0 Å². The van der Waals surface area contributed by atoms with E-state index in [-0.39, 0.29) is 22.8 Å². The van der Waals surface area contributed by atoms with Gasteiger partial charge in [-0.3, -0.25) is 9.59 Å². The molecule has 0 spiro atoms. The number of para-hydroxylation sites is 1. The number of nitrogens with one attached hydrogen (secondary N) is 2. The fourth-order valence-corrected chi connectivity index (χ4v) is 4.85. The average Bonchev–Trinajstić information content (AvgIpc) is 2.88. The van der Waals surface area contributed by atoms with Crippen molar-refractivity contribution >= 4 is 51.7 Å². The second-order valence-corrected chi connectivity index (χ2v) is 9.34. The number of carboxylic acid groups (broad SMARTS) is 1. The van der Waals surface area contributed by atoms with Crippen molar-refractivity contribution in [3.8, 4) is 0 Å². The van der Waals surface area contributed by atoms with Crippen LogP contribution in [0, 0.1) is 6.92 Å². The third-order valence-electron chi connectivity index (χ3n) is 5.85. The van der Waals surface area contributed by atoms with E-state index >= 15 is 0 Å². The molecule has 4 rings (SSSR count). The van der Waals surface area contributed by atoms with E-state index in [4.69, 9.17) is 0 Å². The molecule has 0 atom stereocenters. The van der Waals surface area contributed by atoms with Crippen LogP contribution in [0.4, 0.5) is 11.4 Å². The summed E-state index contributed by atoms with van der Waals surface area (Å²) in [7, 11) is 0. The monoisotopic (exact) mass is 498 g/mol. The van der Waals surface area contributed by atoms with Gasteiger partial charge in [-0.15, -0.1) is 11.8 Å². The Hall–Kier alpha value is -4.10. The van der Waals surface area contributed by atoms with Crippen LogP contribution in [0.3, 0.4) is 0 Å². The first-order valence-electron chi connectivity index (χ1n) is 11.5. The highest BCUT2D eigenvalue weighted by atomic mass is 32.2. The molecule has 0 aliphatic heterocycles. The zero-order chi connectivity index (χ0) is 25.7. The topological polar surface area (TPSA) is 95.5 Å². The minimum atomic E-state index is -1.09. The summed E-state index contributed by atoms with van der Waals surface area (Å²) in [6.07, 6.45) is 0.830. The van der Waals surface area contributed by atoms with E-state index in [1.54, 1.807) is 48.5 Å². The van der Waals surface area contributed by atoms with Gasteiger partial charge in [-0.1, -0.05) is 55.5 Å². The number of aryl methyl sites for hydroxylation is 2. The second kappa shape index (κ2) is 11.1. The normalized spacial score (nSPS) is 10.7. The molecule has 0 aliphatic rings. The summed E-state index contributed by atoms with van der Waals surface area (Å²) in [5.41, 5.74) is 3.90. The summed E-state index contributed by atoms with van der Waals surface area (Å²) in [6.45, 7) is 4.03. The maximum absolute atomic E-state index is 13.1. The first-order chi connectivity index (χ1) is 17.4. The van der Waals surface area contributed by atoms with Gasteiger partial charge >= 0.3 is 5.97 Å². The van der Waals surface area contributed by atoms with Gasteiger partial charge in [0.05, 0.1) is 11.3 Å². The molecule has 0 radical (unpaired) electrons. The number of benzene rings is 4. The molecule has 7 heteroatoms. The van der Waals surface area contributed by atoms with Gasteiger partial charge in [0, 0.05) is 27.2 Å². The molecule has 0 saturated carbocycles. The van der Waals surface area contributed by atoms with Gasteiger partial charge in [-0.05, 0) is 60.2 Å². The van der Waals surface area contributed by atoms with Crippen molar-refractivity contribution in [2.75, 3.05) is 16.4 Å². The minimum Gasteiger partial charge on any atom is -0.478 e. The van der Waals surface area contributed by atoms with Crippen LogP contribution in [0.5, 0.6) is 0 Å². The summed E-state index contributed by atoms with van der Waals surface area (Å²) in [5, 5.41) is 16.5. The van der Waals surface area contributed by atoms with Crippen molar-refractivity contribution in [3.05, 3.63) is 101 Å². The lowest BCUT2D eigenvalue weighted by molar-refractivity contribution is -0.113. The van der Waals surface area contributed by atoms with Crippen LogP contribution in [-0.4, -0.2) is 28.6 Å². The van der Waals surface area contributed by atoms with Crippen LogP contribution in [0.25, 0.3) is 10.8 Å². The SMILES string of the molecule is CCc1cccc(C)c1NC(=O)CSc1cccc(NC(=O)c2cccc3cccc(C(=O)O)c23)c1. The second-order valence-electron chi connectivity index (χ2n) is 8.30. The molecule has 0 heterocycles. The van der Waals surface area contributed by atoms with Crippen molar-refractivity contribution < 1.29 is 19.5 Å². The first-order valence-corrected chi connectivity index (χ1v) is 12.5. The summed E-state index contributed by atoms with van der Waals surface area (Å²) in [4.78, 5) is 38.3. The van der Waals surface area contributed by atoms with Gasteiger partial charge in [-0.2, -0.15) is 0 Å². The number of rotatable bonds is 8. The van der Waals surface area contributed by atoms with Crippen molar-refractivity contribution in [2.45, 2.75) is 25.2 Å². The van der Waals surface area contributed by atoms with Crippen LogP contribution < -0.4 is 10.6 Å². The fourth-order valence-electron chi connectivity index (χ4n) is 4.10. The Bertz CT molecular complexity index is 1460. The predicted molar refractivity (Wildman–Crippen MR) is 145 cm³/mol. The summed E-state index contributed by atoms with van der Waals surface area (Å²) < 4.78 is 0. The largest absolute Gasteiger partial charge is 0.478 e. The number of carboxylic acids is 1. The van der Waals surface area contributed by atoms with Crippen molar-refractivity contribution in [3.63, 3.8) is 0 Å². The Morgan fingerprint density at radius 1 is 0.861 bits per heavy atom. The number of thioether (sulfide) groups is 1. The van der Waals surface area contributed by atoms with Crippen molar-refractivity contribution in [1.82, 2.24) is 0 Å². The summed E-state index contributed by atoms with van der Waals surface area (Å²) in [5.74, 6) is -1.37. The maximum atomic E-state index is 13.1. The molecule has 0 aromatic heterocycles. The van der Waals surface area contributed by atoms with Crippen LogP contribution in [-0.2, 0) is 11.2 Å². The molecule has 3 N–H and O–H groups in total. The standard InChI is InChI=1S/C29H26N2O4S/c1-3-19-9-4-8-18(2)27(19)31-25(32)17-36-22-13-7-12-21(16-22)30-28(33)23-14-5-10-20-11-6-15-24(26(20)23)29(34)35/h4-16H,3,17H2,1-2H3,(H,30,33)(H,31,32)(H,34,35). The van der Waals surface area contributed by atoms with Crippen LogP contribution >= 0.6 is 11.8 Å². The third-order valence-corrected chi connectivity index (χ3v) is 6.84. The number of amides is 2. The number of carbonyl (C=O) groups is 3. The maximum Gasteiger partial charge on any atom is 0.336 e. The Morgan fingerprint density at radius 2 is 1.56 bits per heavy atom. The lowest BCUT2D eigenvalue weighted by atomic mass is 9.98. The van der Waals surface area contributed by atoms with Crippen LogP contribution in [0.2, 0.25) is 0 Å². The molecule has 6 nitrogen and oxygen atoms in total. The van der Waals surface area contributed by atoms with E-state index in [9.17, 15) is 19.5 Å². The van der Waals surface area contributed by atoms with Gasteiger partial charge in [0.25, 0.3) is 5.91 Å². The number of hydrogen-bond donors (Lipinski definition) is 3. The lowest BCUT2D eigenvalue weighted by Crippen LogP contribution is -2.16. The average molecular weight is 499 g/mol. The van der Waals surface area contributed by atoms with Gasteiger partial charge in [0.1, 0.15) is 0 Å². The van der Waals surface area contributed by atoms with E-state index in [1.807, 2.05) is 31.2 Å². The molecule has 4 aromatic rings. The van der Waals surface area contributed by atoms with Gasteiger partial charge < -0.3 is 15.7 Å². The number of hydrogen-bond acceptors (Lipinski definition) is 4. The summed E-state index contributed by atoms with van der Waals surface area (Å²) in [6, 6.07) is 23.3. The van der Waals surface area contributed by atoms with Crippen LogP contribution in [0.1, 0.15) is 38.8 Å². The van der Waals surface area contributed by atoms with Crippen molar-refractivity contribution in [1.29, 1.82) is 0 Å². The Kier molecular flexibility index (Phi) is 7.71. The van der Waals surface area contributed by atoms with Gasteiger partial charge in [-0.25, -0.2) is 4.79 Å². The van der Waals surface area contributed by atoms with E-state index in [2.05, 4.69) is 17.6 Å². The Morgan fingerprint density at radius 3 is 2.28 bits per heavy atom. The molecule has 182 valence electrons. The molecular weight excluding hydrogens is 472 g/mol. The van der Waals surface area contributed by atoms with Gasteiger partial charge in [0.15, 0.2) is 0 Å². The zero-order valence-corrected chi connectivity index (χ0v) is 20.8. The molecule has 0 saturated heterocycles. The molecule has 0 unspecified atom stereocenters. The van der Waals surface area contributed by atoms with Crippen LogP contribution in [0.15, 0.2) is 83.8 Å². The number of aromatic carboxylic acids is 1. The smallest absolute Gasteiger partial charge is 0.336 e. The van der Waals surface area contributed by atoms with E-state index in [0.29, 0.717) is 16.5 Å². The number of anilines is 2. The molecule has 36 heavy (non-hydrogen) atoms. The quantitative estimate of drug-likeness (QED) is 0.245.